The van der Waals surface area contributed by atoms with Gasteiger partial charge in [0, 0.05) is 28.8 Å². The average Bonchev–Trinajstić information content (AvgIpc) is 2.98. The number of carbonyl (C=O) groups is 2. The fourth-order valence-electron chi connectivity index (χ4n) is 3.00. The highest BCUT2D eigenvalue weighted by molar-refractivity contribution is 6.48. The number of carbonyl (C=O) groups excluding carboxylic acids is 2. The van der Waals surface area contributed by atoms with E-state index in [1.807, 2.05) is 60.9 Å². The Hall–Kier alpha value is -2.88. The number of nitrogens with one attached hydrogen (secondary N) is 1. The van der Waals surface area contributed by atoms with Crippen molar-refractivity contribution in [1.82, 2.24) is 4.57 Å². The van der Waals surface area contributed by atoms with E-state index in [0.29, 0.717) is 11.3 Å². The number of ketones is 1. The Morgan fingerprint density at radius 1 is 1.00 bits per heavy atom. The first-order chi connectivity index (χ1) is 11.9. The molecule has 1 amide bonds. The zero-order valence-electron chi connectivity index (χ0n) is 15.0. The second-order valence-electron chi connectivity index (χ2n) is 6.59. The lowest BCUT2D eigenvalue weighted by atomic mass is 10.1. The average molecular weight is 334 g/mol. The number of fused-ring (bicyclic) bond motifs is 1. The normalized spacial score (nSPS) is 11.1. The minimum atomic E-state index is -0.611. The van der Waals surface area contributed by atoms with E-state index in [-0.39, 0.29) is 6.04 Å². The van der Waals surface area contributed by atoms with Crippen molar-refractivity contribution in [2.45, 2.75) is 33.7 Å². The molecule has 0 atom stereocenters. The van der Waals surface area contributed by atoms with Gasteiger partial charge in [-0.1, -0.05) is 30.3 Å². The Balaban J connectivity index is 1.97. The number of hydrogen-bond acceptors (Lipinski definition) is 2. The minimum absolute atomic E-state index is 0.202. The third kappa shape index (κ3) is 3.07. The van der Waals surface area contributed by atoms with Gasteiger partial charge in [-0.25, -0.2) is 0 Å². The maximum absolute atomic E-state index is 12.8. The Kier molecular flexibility index (Phi) is 4.45. The lowest BCUT2D eigenvalue weighted by molar-refractivity contribution is -0.112. The van der Waals surface area contributed by atoms with Crippen LogP contribution in [0.15, 0.2) is 48.7 Å². The highest BCUT2D eigenvalue weighted by Gasteiger charge is 2.22. The molecule has 4 nitrogen and oxygen atoms in total. The number of aryl methyl sites for hydroxylation is 1. The third-order valence-electron chi connectivity index (χ3n) is 4.60. The number of rotatable bonds is 4. The lowest BCUT2D eigenvalue weighted by Gasteiger charge is -2.09. The molecule has 0 unspecified atom stereocenters. The van der Waals surface area contributed by atoms with Crippen molar-refractivity contribution in [3.8, 4) is 0 Å². The number of benzene rings is 2. The predicted octanol–water partition coefficient (Wildman–Crippen LogP) is 4.66. The summed E-state index contributed by atoms with van der Waals surface area (Å²) in [7, 11) is 0. The van der Waals surface area contributed by atoms with Crippen LogP contribution in [0, 0.1) is 13.8 Å². The summed E-state index contributed by atoms with van der Waals surface area (Å²) in [4.78, 5) is 25.3. The van der Waals surface area contributed by atoms with E-state index in [1.165, 1.54) is 0 Å². The van der Waals surface area contributed by atoms with Gasteiger partial charge in [0.25, 0.3) is 11.7 Å². The molecule has 0 aliphatic carbocycles. The molecule has 4 heteroatoms. The van der Waals surface area contributed by atoms with Gasteiger partial charge in [-0.05, 0) is 51.0 Å². The van der Waals surface area contributed by atoms with Crippen molar-refractivity contribution in [3.05, 3.63) is 65.4 Å². The quantitative estimate of drug-likeness (QED) is 0.557. The molecular weight excluding hydrogens is 312 g/mol. The van der Waals surface area contributed by atoms with Gasteiger partial charge in [-0.3, -0.25) is 9.59 Å². The van der Waals surface area contributed by atoms with Crippen LogP contribution in [-0.4, -0.2) is 16.3 Å². The van der Waals surface area contributed by atoms with Crippen molar-refractivity contribution in [2.24, 2.45) is 0 Å². The van der Waals surface area contributed by atoms with E-state index in [0.717, 1.165) is 22.0 Å². The van der Waals surface area contributed by atoms with Gasteiger partial charge >= 0.3 is 0 Å². The van der Waals surface area contributed by atoms with Crippen molar-refractivity contribution >= 4 is 28.3 Å². The van der Waals surface area contributed by atoms with Crippen LogP contribution in [0.5, 0.6) is 0 Å². The first-order valence-electron chi connectivity index (χ1n) is 8.41. The topological polar surface area (TPSA) is 51.1 Å². The minimum Gasteiger partial charge on any atom is -0.344 e. The molecule has 3 aromatic rings. The first kappa shape index (κ1) is 17.0. The Bertz CT molecular complexity index is 967. The van der Waals surface area contributed by atoms with E-state index in [9.17, 15) is 9.59 Å². The number of nitrogens with zero attached hydrogens (tertiary/aromatic N) is 1. The summed E-state index contributed by atoms with van der Waals surface area (Å²) in [5, 5.41) is 3.56. The van der Waals surface area contributed by atoms with Gasteiger partial charge in [-0.15, -0.1) is 0 Å². The van der Waals surface area contributed by atoms with Crippen LogP contribution in [0.1, 0.15) is 41.4 Å². The highest BCUT2D eigenvalue weighted by atomic mass is 16.2. The fraction of sp³-hybridized carbons (Fsp3) is 0.238. The summed E-state index contributed by atoms with van der Waals surface area (Å²) >= 11 is 0. The second kappa shape index (κ2) is 6.55. The Morgan fingerprint density at radius 3 is 2.44 bits per heavy atom. The molecule has 0 aliphatic heterocycles. The van der Waals surface area contributed by atoms with E-state index in [1.54, 1.807) is 6.20 Å². The molecule has 1 N–H and O–H groups in total. The number of anilines is 1. The van der Waals surface area contributed by atoms with E-state index >= 15 is 0 Å². The number of amides is 1. The maximum atomic E-state index is 12.8. The molecule has 3 rings (SSSR count). The Morgan fingerprint density at radius 2 is 1.72 bits per heavy atom. The summed E-state index contributed by atoms with van der Waals surface area (Å²) in [5.41, 5.74) is 4.10. The molecule has 0 saturated heterocycles. The fourth-order valence-corrected chi connectivity index (χ4v) is 3.00. The molecule has 0 radical (unpaired) electrons. The molecule has 0 saturated carbocycles. The molecule has 0 bridgehead atoms. The summed E-state index contributed by atoms with van der Waals surface area (Å²) < 4.78 is 2.02. The largest absolute Gasteiger partial charge is 0.344 e. The highest BCUT2D eigenvalue weighted by Crippen LogP contribution is 2.25. The zero-order valence-corrected chi connectivity index (χ0v) is 15.0. The smallest absolute Gasteiger partial charge is 0.296 e. The van der Waals surface area contributed by atoms with Crippen molar-refractivity contribution < 1.29 is 9.59 Å². The molecular formula is C21H22N2O2. The molecule has 2 aromatic carbocycles. The molecule has 0 fully saturated rings. The van der Waals surface area contributed by atoms with Crippen molar-refractivity contribution in [2.75, 3.05) is 5.32 Å². The van der Waals surface area contributed by atoms with Crippen LogP contribution in [-0.2, 0) is 4.79 Å². The van der Waals surface area contributed by atoms with Gasteiger partial charge in [-0.2, -0.15) is 0 Å². The molecule has 0 spiro atoms. The number of aromatic nitrogens is 1. The van der Waals surface area contributed by atoms with Crippen LogP contribution >= 0.6 is 0 Å². The molecule has 0 aliphatic rings. The third-order valence-corrected chi connectivity index (χ3v) is 4.60. The summed E-state index contributed by atoms with van der Waals surface area (Å²) in [6.45, 7) is 8.01. The lowest BCUT2D eigenvalue weighted by Crippen LogP contribution is -2.23. The SMILES string of the molecule is Cc1cccc(NC(=O)C(=O)c2cn(C(C)C)c3ccccc23)c1C. The van der Waals surface area contributed by atoms with Gasteiger partial charge in [0.15, 0.2) is 0 Å². The van der Waals surface area contributed by atoms with Crippen molar-refractivity contribution in [1.29, 1.82) is 0 Å². The summed E-state index contributed by atoms with van der Waals surface area (Å²) in [6, 6.07) is 13.5. The monoisotopic (exact) mass is 334 g/mol. The zero-order chi connectivity index (χ0) is 18.1. The maximum Gasteiger partial charge on any atom is 0.296 e. The number of para-hydroxylation sites is 1. The van der Waals surface area contributed by atoms with Crippen LogP contribution in [0.2, 0.25) is 0 Å². The van der Waals surface area contributed by atoms with Crippen LogP contribution in [0.4, 0.5) is 5.69 Å². The summed E-state index contributed by atoms with van der Waals surface area (Å²) in [5.74, 6) is -1.13. The van der Waals surface area contributed by atoms with Gasteiger partial charge < -0.3 is 9.88 Å². The van der Waals surface area contributed by atoms with Crippen LogP contribution in [0.25, 0.3) is 10.9 Å². The predicted molar refractivity (Wildman–Crippen MR) is 101 cm³/mol. The van der Waals surface area contributed by atoms with Gasteiger partial charge in [0.1, 0.15) is 0 Å². The van der Waals surface area contributed by atoms with Crippen LogP contribution < -0.4 is 5.32 Å². The van der Waals surface area contributed by atoms with Gasteiger partial charge in [0.05, 0.1) is 5.56 Å². The van der Waals surface area contributed by atoms with Gasteiger partial charge in [0.2, 0.25) is 0 Å². The molecule has 1 aromatic heterocycles. The molecule has 1 heterocycles. The Labute approximate surface area is 147 Å². The van der Waals surface area contributed by atoms with Crippen LogP contribution in [0.3, 0.4) is 0 Å². The first-order valence-corrected chi connectivity index (χ1v) is 8.41. The second-order valence-corrected chi connectivity index (χ2v) is 6.59. The van der Waals surface area contributed by atoms with Crippen molar-refractivity contribution in [3.63, 3.8) is 0 Å². The van der Waals surface area contributed by atoms with E-state index < -0.39 is 11.7 Å². The summed E-state index contributed by atoms with van der Waals surface area (Å²) in [6.07, 6.45) is 1.78. The standard InChI is InChI=1S/C21H22N2O2/c1-13(2)23-12-17(16-9-5-6-11-19(16)23)20(24)21(25)22-18-10-7-8-14(3)15(18)4/h5-13H,1-4H3,(H,22,25). The number of Topliss-reactive ketones (excluding diaryl/α,β-unsaturated/α-hetero) is 1. The molecule has 25 heavy (non-hydrogen) atoms. The van der Waals surface area contributed by atoms with E-state index in [4.69, 9.17) is 0 Å². The number of hydrogen-bond donors (Lipinski definition) is 1. The molecule has 128 valence electrons. The van der Waals surface area contributed by atoms with E-state index in [2.05, 4.69) is 19.2 Å².